The van der Waals surface area contributed by atoms with E-state index in [0.29, 0.717) is 41.7 Å². The van der Waals surface area contributed by atoms with Crippen molar-refractivity contribution in [1.29, 1.82) is 0 Å². The maximum atomic E-state index is 14.7. The summed E-state index contributed by atoms with van der Waals surface area (Å²) in [6, 6.07) is 27.9. The largest absolute Gasteiger partial charge is 0.494 e. The minimum Gasteiger partial charge on any atom is -0.494 e. The minimum absolute atomic E-state index is 0.0440. The van der Waals surface area contributed by atoms with Crippen LogP contribution in [-0.2, 0) is 29.0 Å². The van der Waals surface area contributed by atoms with Gasteiger partial charge in [-0.2, -0.15) is 0 Å². The fraction of sp³-hybridized carbons (Fsp3) is 0.278. The first-order valence-corrected chi connectivity index (χ1v) is 16.1. The lowest BCUT2D eigenvalue weighted by atomic mass is 9.81. The standard InChI is InChI=1S/C36H36BrN5O6/c1-45-31-17-8-24(20-32(31)46-2)22-39-35(44)36(21-27-6-3-4-7-28(27)23-40-42-38)33(25-9-13-29(37)14-10-25)48-34(41-36)26-11-15-30(16-12-26)47-19-5-18-43/h3-4,6-17,20,33,43H,5,18-19,21-23H2,1-2H3,(H,39,44)/t33-,36-/m1/s1. The van der Waals surface area contributed by atoms with Crippen LogP contribution in [-0.4, -0.2) is 49.9 Å². The molecule has 0 saturated heterocycles. The van der Waals surface area contributed by atoms with E-state index in [1.54, 1.807) is 32.4 Å². The second kappa shape index (κ2) is 16.2. The Morgan fingerprint density at radius 2 is 1.75 bits per heavy atom. The fourth-order valence-electron chi connectivity index (χ4n) is 5.53. The van der Waals surface area contributed by atoms with Crippen LogP contribution >= 0.6 is 15.9 Å². The van der Waals surface area contributed by atoms with E-state index in [4.69, 9.17) is 34.6 Å². The van der Waals surface area contributed by atoms with Crippen molar-refractivity contribution in [2.24, 2.45) is 10.1 Å². The lowest BCUT2D eigenvalue weighted by molar-refractivity contribution is -0.129. The van der Waals surface area contributed by atoms with E-state index < -0.39 is 11.6 Å². The van der Waals surface area contributed by atoms with Crippen molar-refractivity contribution in [1.82, 2.24) is 5.32 Å². The lowest BCUT2D eigenvalue weighted by Gasteiger charge is -2.31. The molecule has 2 atom stereocenters. The summed E-state index contributed by atoms with van der Waals surface area (Å²) in [5.74, 6) is 1.73. The zero-order valence-corrected chi connectivity index (χ0v) is 28.2. The number of nitrogens with zero attached hydrogens (tertiary/aromatic N) is 4. The summed E-state index contributed by atoms with van der Waals surface area (Å²) in [5, 5.41) is 16.0. The van der Waals surface area contributed by atoms with Crippen molar-refractivity contribution in [2.45, 2.75) is 37.6 Å². The number of ether oxygens (including phenoxy) is 4. The predicted molar refractivity (Wildman–Crippen MR) is 185 cm³/mol. The molecule has 1 aliphatic heterocycles. The molecule has 0 saturated carbocycles. The highest BCUT2D eigenvalue weighted by Crippen LogP contribution is 2.43. The Morgan fingerprint density at radius 1 is 1.02 bits per heavy atom. The van der Waals surface area contributed by atoms with Crippen molar-refractivity contribution in [3.05, 3.63) is 134 Å². The highest BCUT2D eigenvalue weighted by Gasteiger charge is 2.53. The second-order valence-electron chi connectivity index (χ2n) is 11.0. The summed E-state index contributed by atoms with van der Waals surface area (Å²) < 4.78 is 24.1. The molecule has 0 radical (unpaired) electrons. The number of hydrogen-bond donors (Lipinski definition) is 2. The molecule has 0 aliphatic carbocycles. The third-order valence-electron chi connectivity index (χ3n) is 7.99. The number of carbonyl (C=O) groups excluding carboxylic acids is 1. The van der Waals surface area contributed by atoms with Crippen LogP contribution < -0.4 is 19.5 Å². The van der Waals surface area contributed by atoms with Gasteiger partial charge in [0, 0.05) is 40.9 Å². The van der Waals surface area contributed by atoms with E-state index >= 15 is 0 Å². The van der Waals surface area contributed by atoms with Crippen molar-refractivity contribution in [3.8, 4) is 17.2 Å². The Hall–Kier alpha value is -5.03. The number of aliphatic hydroxyl groups is 1. The van der Waals surface area contributed by atoms with Crippen molar-refractivity contribution >= 4 is 27.7 Å². The quantitative estimate of drug-likeness (QED) is 0.0596. The molecule has 11 nitrogen and oxygen atoms in total. The Bertz CT molecular complexity index is 1790. The van der Waals surface area contributed by atoms with Gasteiger partial charge in [-0.15, -0.1) is 0 Å². The molecule has 0 fully saturated rings. The molecule has 5 rings (SSSR count). The van der Waals surface area contributed by atoms with Gasteiger partial charge in [0.15, 0.2) is 23.1 Å². The fourth-order valence-corrected chi connectivity index (χ4v) is 5.79. The molecule has 0 spiro atoms. The predicted octanol–water partition coefficient (Wildman–Crippen LogP) is 6.85. The molecule has 2 N–H and O–H groups in total. The summed E-state index contributed by atoms with van der Waals surface area (Å²) in [6.07, 6.45) is -0.123. The number of carbonyl (C=O) groups is 1. The summed E-state index contributed by atoms with van der Waals surface area (Å²) in [6.45, 7) is 0.743. The number of rotatable bonds is 15. The molecule has 0 aromatic heterocycles. The van der Waals surface area contributed by atoms with E-state index in [0.717, 1.165) is 26.7 Å². The third kappa shape index (κ3) is 7.91. The van der Waals surface area contributed by atoms with E-state index in [-0.39, 0.29) is 32.0 Å². The highest BCUT2D eigenvalue weighted by molar-refractivity contribution is 9.10. The van der Waals surface area contributed by atoms with E-state index in [9.17, 15) is 4.79 Å². The highest BCUT2D eigenvalue weighted by atomic mass is 79.9. The van der Waals surface area contributed by atoms with Crippen LogP contribution in [0.3, 0.4) is 0 Å². The van der Waals surface area contributed by atoms with Crippen LogP contribution in [0, 0.1) is 0 Å². The Morgan fingerprint density at radius 3 is 2.44 bits per heavy atom. The van der Waals surface area contributed by atoms with Gasteiger partial charge in [0.1, 0.15) is 5.75 Å². The van der Waals surface area contributed by atoms with Gasteiger partial charge >= 0.3 is 0 Å². The molecule has 0 unspecified atom stereocenters. The molecule has 1 aliphatic rings. The van der Waals surface area contributed by atoms with Crippen LogP contribution in [0.5, 0.6) is 17.2 Å². The number of nitrogens with one attached hydrogen (secondary N) is 1. The number of methoxy groups -OCH3 is 2. The second-order valence-corrected chi connectivity index (χ2v) is 12.0. The Labute approximate surface area is 287 Å². The normalized spacial score (nSPS) is 16.7. The van der Waals surface area contributed by atoms with E-state index in [1.807, 2.05) is 72.8 Å². The number of aliphatic imine (C=N–C) groups is 1. The smallest absolute Gasteiger partial charge is 0.252 e. The van der Waals surface area contributed by atoms with Crippen molar-refractivity contribution in [3.63, 3.8) is 0 Å². The number of amides is 1. The van der Waals surface area contributed by atoms with Crippen LogP contribution in [0.15, 0.2) is 106 Å². The maximum Gasteiger partial charge on any atom is 0.252 e. The Balaban J connectivity index is 1.58. The first-order valence-electron chi connectivity index (χ1n) is 15.3. The lowest BCUT2D eigenvalue weighted by Crippen LogP contribution is -2.49. The van der Waals surface area contributed by atoms with Gasteiger partial charge in [0.25, 0.3) is 5.91 Å². The molecule has 12 heteroatoms. The first kappa shape index (κ1) is 34.3. The molecule has 4 aromatic rings. The summed E-state index contributed by atoms with van der Waals surface area (Å²) in [7, 11) is 3.13. The molecule has 248 valence electrons. The third-order valence-corrected chi connectivity index (χ3v) is 8.52. The monoisotopic (exact) mass is 713 g/mol. The van der Waals surface area contributed by atoms with Gasteiger partial charge < -0.3 is 29.4 Å². The number of benzene rings is 4. The number of halogens is 1. The van der Waals surface area contributed by atoms with Crippen LogP contribution in [0.2, 0.25) is 0 Å². The zero-order chi connectivity index (χ0) is 33.9. The molecule has 1 amide bonds. The Kier molecular flexibility index (Phi) is 11.6. The summed E-state index contributed by atoms with van der Waals surface area (Å²) in [4.78, 5) is 22.8. The van der Waals surface area contributed by atoms with Crippen LogP contribution in [0.25, 0.3) is 10.4 Å². The van der Waals surface area contributed by atoms with Crippen LogP contribution in [0.4, 0.5) is 0 Å². The van der Waals surface area contributed by atoms with Gasteiger partial charge in [-0.05, 0) is 76.3 Å². The molecule has 48 heavy (non-hydrogen) atoms. The number of azide groups is 1. The average Bonchev–Trinajstić information content (AvgIpc) is 3.51. The number of hydrogen-bond acceptors (Lipinski definition) is 8. The first-order chi connectivity index (χ1) is 23.4. The van der Waals surface area contributed by atoms with E-state index in [2.05, 4.69) is 31.3 Å². The summed E-state index contributed by atoms with van der Waals surface area (Å²) in [5.41, 5.74) is 11.4. The maximum absolute atomic E-state index is 14.7. The van der Waals surface area contributed by atoms with Gasteiger partial charge in [0.05, 0.1) is 27.4 Å². The van der Waals surface area contributed by atoms with Crippen molar-refractivity contribution in [2.75, 3.05) is 27.4 Å². The number of aliphatic hydroxyl groups excluding tert-OH is 1. The topological polar surface area (TPSA) is 147 Å². The SMILES string of the molecule is COc1ccc(CNC(=O)[C@]2(Cc3ccccc3CN=[N+]=[N-])N=C(c3ccc(OCCCO)cc3)O[C@@H]2c2ccc(Br)cc2)cc1OC. The molecule has 1 heterocycles. The van der Waals surface area contributed by atoms with Gasteiger partial charge in [-0.1, -0.05) is 63.5 Å². The van der Waals surface area contributed by atoms with Crippen molar-refractivity contribution < 1.29 is 28.8 Å². The van der Waals surface area contributed by atoms with Crippen LogP contribution in [0.1, 0.15) is 40.3 Å². The molecule has 0 bridgehead atoms. The van der Waals surface area contributed by atoms with Gasteiger partial charge in [-0.3, -0.25) is 4.79 Å². The van der Waals surface area contributed by atoms with E-state index in [1.165, 1.54) is 0 Å². The molecular weight excluding hydrogens is 678 g/mol. The zero-order valence-electron chi connectivity index (χ0n) is 26.6. The average molecular weight is 715 g/mol. The molecular formula is C36H36BrN5O6. The van der Waals surface area contributed by atoms with Gasteiger partial charge in [-0.25, -0.2) is 4.99 Å². The minimum atomic E-state index is -1.46. The summed E-state index contributed by atoms with van der Waals surface area (Å²) >= 11 is 3.52. The van der Waals surface area contributed by atoms with Gasteiger partial charge in [0.2, 0.25) is 5.90 Å². The molecule has 4 aromatic carbocycles.